The Labute approximate surface area is 154 Å². The van der Waals surface area contributed by atoms with Crippen molar-refractivity contribution in [1.82, 2.24) is 10.6 Å². The number of aliphatic hydroxyl groups is 1. The van der Waals surface area contributed by atoms with E-state index in [-0.39, 0.29) is 18.0 Å². The zero-order valence-corrected chi connectivity index (χ0v) is 15.4. The minimum absolute atomic E-state index is 0.00164. The van der Waals surface area contributed by atoms with E-state index < -0.39 is 6.29 Å². The van der Waals surface area contributed by atoms with Crippen LogP contribution in [0, 0.1) is 5.92 Å². The lowest BCUT2D eigenvalue weighted by Gasteiger charge is -2.24. The third-order valence-electron chi connectivity index (χ3n) is 4.79. The lowest BCUT2D eigenvalue weighted by molar-refractivity contribution is -0.0718. The van der Waals surface area contributed by atoms with Gasteiger partial charge in [-0.25, -0.2) is 0 Å². The van der Waals surface area contributed by atoms with Crippen molar-refractivity contribution in [1.29, 1.82) is 0 Å². The second-order valence-corrected chi connectivity index (χ2v) is 7.43. The van der Waals surface area contributed by atoms with E-state index in [1.807, 2.05) is 42.5 Å². The van der Waals surface area contributed by atoms with Gasteiger partial charge in [-0.05, 0) is 41.7 Å². The molecule has 0 spiro atoms. The first-order chi connectivity index (χ1) is 12.5. The molecule has 1 heterocycles. The minimum Gasteiger partial charge on any atom is -0.367 e. The highest BCUT2D eigenvalue weighted by Crippen LogP contribution is 2.16. The van der Waals surface area contributed by atoms with Crippen molar-refractivity contribution in [3.05, 3.63) is 48.0 Å². The number of benzene rings is 2. The molecule has 3 rings (SSSR count). The molecule has 0 aromatic heterocycles. The summed E-state index contributed by atoms with van der Waals surface area (Å²) in [6.07, 6.45) is 0.898. The molecule has 3 atom stereocenters. The molecule has 140 valence electrons. The summed E-state index contributed by atoms with van der Waals surface area (Å²) in [5, 5.41) is 18.4. The number of fused-ring (bicyclic) bond motifs is 1. The number of rotatable bonds is 7. The van der Waals surface area contributed by atoms with Crippen molar-refractivity contribution in [3.8, 4) is 0 Å². The summed E-state index contributed by atoms with van der Waals surface area (Å²) in [5.41, 5.74) is 0.668. The fraction of sp³-hybridized carbons (Fsp3) is 0.476. The van der Waals surface area contributed by atoms with E-state index >= 15 is 0 Å². The Kier molecular flexibility index (Phi) is 6.25. The van der Waals surface area contributed by atoms with Crippen LogP contribution < -0.4 is 10.6 Å². The number of amides is 1. The van der Waals surface area contributed by atoms with Gasteiger partial charge in [0.05, 0.1) is 12.6 Å². The Hall–Kier alpha value is -1.95. The van der Waals surface area contributed by atoms with Crippen molar-refractivity contribution in [2.75, 3.05) is 13.2 Å². The van der Waals surface area contributed by atoms with E-state index in [0.717, 1.165) is 23.6 Å². The van der Waals surface area contributed by atoms with Gasteiger partial charge in [-0.15, -0.1) is 0 Å². The number of carbonyl (C=O) groups is 1. The molecule has 1 fully saturated rings. The first-order valence-electron chi connectivity index (χ1n) is 9.35. The van der Waals surface area contributed by atoms with Crippen LogP contribution in [0.1, 0.15) is 37.0 Å². The topological polar surface area (TPSA) is 70.6 Å². The van der Waals surface area contributed by atoms with Gasteiger partial charge in [0.2, 0.25) is 0 Å². The van der Waals surface area contributed by atoms with Gasteiger partial charge in [0.25, 0.3) is 5.91 Å². The van der Waals surface area contributed by atoms with Crippen LogP contribution in [0.5, 0.6) is 0 Å². The number of ether oxygens (including phenoxy) is 1. The highest BCUT2D eigenvalue weighted by atomic mass is 16.6. The predicted octanol–water partition coefficient (Wildman–Crippen LogP) is 2.68. The maximum absolute atomic E-state index is 12.7. The van der Waals surface area contributed by atoms with Crippen molar-refractivity contribution in [3.63, 3.8) is 0 Å². The van der Waals surface area contributed by atoms with Crippen LogP contribution in [-0.2, 0) is 4.74 Å². The highest BCUT2D eigenvalue weighted by molar-refractivity contribution is 5.98. The van der Waals surface area contributed by atoms with Crippen LogP contribution in [0.2, 0.25) is 0 Å². The summed E-state index contributed by atoms with van der Waals surface area (Å²) >= 11 is 0. The molecule has 0 radical (unpaired) electrons. The molecule has 5 nitrogen and oxygen atoms in total. The molecule has 1 saturated heterocycles. The number of aliphatic hydroxyl groups excluding tert-OH is 1. The first-order valence-corrected chi connectivity index (χ1v) is 9.35. The van der Waals surface area contributed by atoms with Gasteiger partial charge in [-0.3, -0.25) is 4.79 Å². The smallest absolute Gasteiger partial charge is 0.251 e. The second kappa shape index (κ2) is 8.62. The van der Waals surface area contributed by atoms with E-state index in [2.05, 4.69) is 24.5 Å². The molecular formula is C21H28N2O3. The van der Waals surface area contributed by atoms with Gasteiger partial charge in [0.15, 0.2) is 6.29 Å². The number of hydrogen-bond acceptors (Lipinski definition) is 4. The Morgan fingerprint density at radius 1 is 1.23 bits per heavy atom. The molecular weight excluding hydrogens is 328 g/mol. The maximum atomic E-state index is 12.7. The summed E-state index contributed by atoms with van der Waals surface area (Å²) in [4.78, 5) is 12.7. The molecule has 1 amide bonds. The fourth-order valence-electron chi connectivity index (χ4n) is 3.43. The van der Waals surface area contributed by atoms with Gasteiger partial charge in [-0.1, -0.05) is 44.2 Å². The number of nitrogens with one attached hydrogen (secondary N) is 2. The summed E-state index contributed by atoms with van der Waals surface area (Å²) in [7, 11) is 0. The van der Waals surface area contributed by atoms with Crippen LogP contribution in [0.4, 0.5) is 0 Å². The quantitative estimate of drug-likeness (QED) is 0.713. The molecule has 1 aliphatic heterocycles. The minimum atomic E-state index is -0.758. The van der Waals surface area contributed by atoms with Crippen LogP contribution in [-0.4, -0.2) is 42.5 Å². The van der Waals surface area contributed by atoms with E-state index in [0.29, 0.717) is 24.6 Å². The maximum Gasteiger partial charge on any atom is 0.251 e. The number of carbonyl (C=O) groups excluding carboxylic acids is 1. The van der Waals surface area contributed by atoms with Crippen LogP contribution in [0.15, 0.2) is 42.5 Å². The molecule has 26 heavy (non-hydrogen) atoms. The molecule has 5 heteroatoms. The third-order valence-corrected chi connectivity index (χ3v) is 4.79. The van der Waals surface area contributed by atoms with Gasteiger partial charge in [0.1, 0.15) is 0 Å². The summed E-state index contributed by atoms with van der Waals surface area (Å²) < 4.78 is 5.18. The van der Waals surface area contributed by atoms with Crippen molar-refractivity contribution < 1.29 is 14.6 Å². The molecule has 1 unspecified atom stereocenters. The highest BCUT2D eigenvalue weighted by Gasteiger charge is 2.26. The Bertz CT molecular complexity index is 747. The Morgan fingerprint density at radius 2 is 2.00 bits per heavy atom. The zero-order chi connectivity index (χ0) is 18.5. The second-order valence-electron chi connectivity index (χ2n) is 7.43. The van der Waals surface area contributed by atoms with Crippen molar-refractivity contribution in [2.45, 2.75) is 45.1 Å². The van der Waals surface area contributed by atoms with Crippen molar-refractivity contribution in [2.24, 2.45) is 5.92 Å². The summed E-state index contributed by atoms with van der Waals surface area (Å²) in [5.74, 6) is 0.398. The first kappa shape index (κ1) is 18.8. The molecule has 0 bridgehead atoms. The predicted molar refractivity (Wildman–Crippen MR) is 103 cm³/mol. The normalized spacial score (nSPS) is 21.2. The summed E-state index contributed by atoms with van der Waals surface area (Å²) in [6, 6.07) is 13.7. The molecule has 0 aliphatic carbocycles. The lowest BCUT2D eigenvalue weighted by atomic mass is 10.0. The SMILES string of the molecule is CC(C)C[C@H](CN[C@H]1CCOC1O)NC(=O)c1ccc2ccccc2c1. The zero-order valence-electron chi connectivity index (χ0n) is 15.4. The van der Waals surface area contributed by atoms with Crippen molar-refractivity contribution >= 4 is 16.7 Å². The van der Waals surface area contributed by atoms with E-state index in [1.165, 1.54) is 0 Å². The lowest BCUT2D eigenvalue weighted by Crippen LogP contribution is -2.47. The van der Waals surface area contributed by atoms with E-state index in [9.17, 15) is 9.90 Å². The fourth-order valence-corrected chi connectivity index (χ4v) is 3.43. The standard InChI is InChI=1S/C21H28N2O3/c1-14(2)11-18(13-22-19-9-10-26-21(19)25)23-20(24)17-8-7-15-5-3-4-6-16(15)12-17/h3-8,12,14,18-19,21-22,25H,9-11,13H2,1-2H3,(H,23,24)/t18-,19+,21?/m1/s1. The van der Waals surface area contributed by atoms with Crippen LogP contribution >= 0.6 is 0 Å². The van der Waals surface area contributed by atoms with E-state index in [4.69, 9.17) is 4.74 Å². The van der Waals surface area contributed by atoms with Crippen LogP contribution in [0.25, 0.3) is 10.8 Å². The Balaban J connectivity index is 1.65. The average Bonchev–Trinajstić information content (AvgIpc) is 3.03. The molecule has 0 saturated carbocycles. The van der Waals surface area contributed by atoms with Crippen LogP contribution in [0.3, 0.4) is 0 Å². The summed E-state index contributed by atoms with van der Waals surface area (Å²) in [6.45, 7) is 5.46. The molecule has 2 aromatic carbocycles. The largest absolute Gasteiger partial charge is 0.367 e. The van der Waals surface area contributed by atoms with Gasteiger partial charge >= 0.3 is 0 Å². The molecule has 3 N–H and O–H groups in total. The van der Waals surface area contributed by atoms with Gasteiger partial charge < -0.3 is 20.5 Å². The van der Waals surface area contributed by atoms with E-state index in [1.54, 1.807) is 0 Å². The van der Waals surface area contributed by atoms with Gasteiger partial charge in [0, 0.05) is 18.2 Å². The monoisotopic (exact) mass is 356 g/mol. The average molecular weight is 356 g/mol. The number of hydrogen-bond donors (Lipinski definition) is 3. The third kappa shape index (κ3) is 4.81. The van der Waals surface area contributed by atoms with Gasteiger partial charge in [-0.2, -0.15) is 0 Å². The molecule has 2 aromatic rings. The molecule has 1 aliphatic rings. The Morgan fingerprint density at radius 3 is 2.69 bits per heavy atom.